The number of nitrogens with one attached hydrogen (secondary N) is 1. The fourth-order valence-corrected chi connectivity index (χ4v) is 2.96. The van der Waals surface area contributed by atoms with Crippen LogP contribution in [0.15, 0.2) is 24.3 Å². The van der Waals surface area contributed by atoms with E-state index >= 15 is 0 Å². The van der Waals surface area contributed by atoms with Crippen LogP contribution in [0.5, 0.6) is 0 Å². The first-order valence-electron chi connectivity index (χ1n) is 8.15. The molecule has 1 atom stereocenters. The third kappa shape index (κ3) is 5.03. The molecule has 2 amide bonds. The average molecular weight is 354 g/mol. The van der Waals surface area contributed by atoms with Crippen LogP contribution in [0.3, 0.4) is 0 Å². The number of urea groups is 1. The van der Waals surface area contributed by atoms with Crippen molar-refractivity contribution in [1.29, 1.82) is 0 Å². The second kappa shape index (κ2) is 8.24. The number of halogens is 1. The van der Waals surface area contributed by atoms with Gasteiger partial charge in [-0.25, -0.2) is 9.59 Å². The number of amides is 2. The van der Waals surface area contributed by atoms with E-state index in [1.165, 1.54) is 0 Å². The largest absolute Gasteiger partial charge is 0.480 e. The van der Waals surface area contributed by atoms with Crippen LogP contribution in [0.1, 0.15) is 20.3 Å². The van der Waals surface area contributed by atoms with E-state index in [1.54, 1.807) is 4.90 Å². The fourth-order valence-electron chi connectivity index (χ4n) is 2.77. The molecule has 1 heterocycles. The van der Waals surface area contributed by atoms with Crippen LogP contribution in [0.2, 0.25) is 5.02 Å². The minimum Gasteiger partial charge on any atom is -0.480 e. The lowest BCUT2D eigenvalue weighted by molar-refractivity contribution is -0.139. The summed E-state index contributed by atoms with van der Waals surface area (Å²) in [5, 5.41) is 12.5. The molecule has 1 saturated heterocycles. The molecule has 0 aliphatic carbocycles. The number of benzene rings is 1. The van der Waals surface area contributed by atoms with Gasteiger partial charge >= 0.3 is 12.0 Å². The summed E-state index contributed by atoms with van der Waals surface area (Å²) in [7, 11) is 0. The summed E-state index contributed by atoms with van der Waals surface area (Å²) in [5.41, 5.74) is 1.03. The van der Waals surface area contributed by atoms with Crippen LogP contribution >= 0.6 is 11.6 Å². The van der Waals surface area contributed by atoms with Gasteiger partial charge in [-0.1, -0.05) is 31.5 Å². The Morgan fingerprint density at radius 1 is 1.25 bits per heavy atom. The molecule has 1 aromatic carbocycles. The summed E-state index contributed by atoms with van der Waals surface area (Å²) in [6.07, 6.45) is 0.420. The van der Waals surface area contributed by atoms with Crippen LogP contribution < -0.4 is 10.2 Å². The zero-order valence-corrected chi connectivity index (χ0v) is 14.8. The molecule has 132 valence electrons. The molecule has 24 heavy (non-hydrogen) atoms. The van der Waals surface area contributed by atoms with E-state index in [0.29, 0.717) is 37.6 Å². The van der Waals surface area contributed by atoms with Gasteiger partial charge in [0.2, 0.25) is 0 Å². The zero-order chi connectivity index (χ0) is 17.7. The summed E-state index contributed by atoms with van der Waals surface area (Å²) in [4.78, 5) is 27.4. The number of nitrogens with zero attached hydrogens (tertiary/aromatic N) is 2. The highest BCUT2D eigenvalue weighted by atomic mass is 35.5. The number of hydrogen-bond donors (Lipinski definition) is 2. The van der Waals surface area contributed by atoms with E-state index in [1.807, 2.05) is 38.1 Å². The normalized spacial score (nSPS) is 16.2. The standard InChI is InChI=1S/C17H24ClN3O3/c1-12(2)10-15(16(22)23)19-17(24)21-8-6-20(7-9-21)14-5-3-4-13(18)11-14/h3-5,11-12,15H,6-10H2,1-2H3,(H,19,24)(H,22,23). The summed E-state index contributed by atoms with van der Waals surface area (Å²) < 4.78 is 0. The minimum absolute atomic E-state index is 0.200. The van der Waals surface area contributed by atoms with Gasteiger partial charge in [-0.15, -0.1) is 0 Å². The lowest BCUT2D eigenvalue weighted by Crippen LogP contribution is -2.54. The Labute approximate surface area is 147 Å². The van der Waals surface area contributed by atoms with E-state index in [9.17, 15) is 14.7 Å². The quantitative estimate of drug-likeness (QED) is 0.853. The van der Waals surface area contributed by atoms with Crippen LogP contribution in [0.25, 0.3) is 0 Å². The first-order chi connectivity index (χ1) is 11.4. The highest BCUT2D eigenvalue weighted by molar-refractivity contribution is 6.30. The average Bonchev–Trinajstić information content (AvgIpc) is 2.54. The molecule has 1 unspecified atom stereocenters. The van der Waals surface area contributed by atoms with Gasteiger partial charge in [0.25, 0.3) is 0 Å². The topological polar surface area (TPSA) is 72.9 Å². The SMILES string of the molecule is CC(C)CC(NC(=O)N1CCN(c2cccc(Cl)c2)CC1)C(=O)O. The highest BCUT2D eigenvalue weighted by Gasteiger charge is 2.26. The Balaban J connectivity index is 1.89. The number of carboxylic acid groups (broad SMARTS) is 1. The van der Waals surface area contributed by atoms with Gasteiger partial charge in [0.1, 0.15) is 6.04 Å². The predicted molar refractivity (Wildman–Crippen MR) is 94.6 cm³/mol. The second-order valence-corrected chi connectivity index (χ2v) is 6.86. The van der Waals surface area contributed by atoms with Gasteiger partial charge < -0.3 is 20.2 Å². The Bertz CT molecular complexity index is 586. The van der Waals surface area contributed by atoms with Gasteiger partial charge in [0.05, 0.1) is 0 Å². The van der Waals surface area contributed by atoms with Crippen LogP contribution in [0, 0.1) is 5.92 Å². The predicted octanol–water partition coefficient (Wildman–Crippen LogP) is 2.67. The van der Waals surface area contributed by atoms with Crippen molar-refractivity contribution in [1.82, 2.24) is 10.2 Å². The summed E-state index contributed by atoms with van der Waals surface area (Å²) >= 11 is 6.01. The Morgan fingerprint density at radius 2 is 1.92 bits per heavy atom. The third-order valence-corrected chi connectivity index (χ3v) is 4.28. The number of rotatable bonds is 5. The van der Waals surface area contributed by atoms with Gasteiger partial charge in [-0.2, -0.15) is 0 Å². The Hall–Kier alpha value is -1.95. The molecular formula is C17H24ClN3O3. The molecular weight excluding hydrogens is 330 g/mol. The summed E-state index contributed by atoms with van der Waals surface area (Å²) in [6.45, 7) is 6.35. The van der Waals surface area contributed by atoms with Crippen molar-refractivity contribution in [3.05, 3.63) is 29.3 Å². The second-order valence-electron chi connectivity index (χ2n) is 6.42. The number of carbonyl (C=O) groups is 2. The monoisotopic (exact) mass is 353 g/mol. The van der Waals surface area contributed by atoms with Gasteiger partial charge in [0, 0.05) is 36.9 Å². The molecule has 1 aromatic rings. The molecule has 1 fully saturated rings. The first-order valence-corrected chi connectivity index (χ1v) is 8.53. The number of carbonyl (C=O) groups excluding carboxylic acids is 1. The molecule has 2 N–H and O–H groups in total. The summed E-state index contributed by atoms with van der Waals surface area (Å²) in [5.74, 6) is -0.791. The molecule has 0 aromatic heterocycles. The number of piperazine rings is 1. The van der Waals surface area contributed by atoms with Crippen molar-refractivity contribution in [2.45, 2.75) is 26.3 Å². The molecule has 0 radical (unpaired) electrons. The van der Waals surface area contributed by atoms with Crippen molar-refractivity contribution in [3.8, 4) is 0 Å². The molecule has 6 nitrogen and oxygen atoms in total. The number of aliphatic carboxylic acids is 1. The number of carboxylic acids is 1. The maximum absolute atomic E-state index is 12.3. The first kappa shape index (κ1) is 18.4. The number of anilines is 1. The van der Waals surface area contributed by atoms with Gasteiger partial charge in [-0.05, 0) is 30.5 Å². The van der Waals surface area contributed by atoms with Crippen molar-refractivity contribution in [2.24, 2.45) is 5.92 Å². The lowest BCUT2D eigenvalue weighted by atomic mass is 10.0. The van der Waals surface area contributed by atoms with E-state index in [2.05, 4.69) is 10.2 Å². The zero-order valence-electron chi connectivity index (χ0n) is 14.0. The molecule has 0 spiro atoms. The maximum Gasteiger partial charge on any atom is 0.326 e. The molecule has 0 bridgehead atoms. The number of hydrogen-bond acceptors (Lipinski definition) is 3. The van der Waals surface area contributed by atoms with Crippen LogP contribution in [-0.4, -0.2) is 54.2 Å². The van der Waals surface area contributed by atoms with Gasteiger partial charge in [-0.3, -0.25) is 0 Å². The third-order valence-electron chi connectivity index (χ3n) is 4.04. The maximum atomic E-state index is 12.3. The van der Waals surface area contributed by atoms with Crippen molar-refractivity contribution in [3.63, 3.8) is 0 Å². The fraction of sp³-hybridized carbons (Fsp3) is 0.529. The van der Waals surface area contributed by atoms with E-state index in [4.69, 9.17) is 11.6 Å². The molecule has 1 aliphatic heterocycles. The van der Waals surface area contributed by atoms with Gasteiger partial charge in [0.15, 0.2) is 0 Å². The van der Waals surface area contributed by atoms with Crippen LogP contribution in [0.4, 0.5) is 10.5 Å². The summed E-state index contributed by atoms with van der Waals surface area (Å²) in [6, 6.07) is 6.47. The van der Waals surface area contributed by atoms with E-state index < -0.39 is 12.0 Å². The van der Waals surface area contributed by atoms with Crippen molar-refractivity contribution >= 4 is 29.3 Å². The van der Waals surface area contributed by atoms with Crippen LogP contribution in [-0.2, 0) is 4.79 Å². The van der Waals surface area contributed by atoms with E-state index in [-0.39, 0.29) is 11.9 Å². The van der Waals surface area contributed by atoms with Crippen molar-refractivity contribution < 1.29 is 14.7 Å². The molecule has 2 rings (SSSR count). The Kier molecular flexibility index (Phi) is 6.31. The smallest absolute Gasteiger partial charge is 0.326 e. The molecule has 0 saturated carbocycles. The van der Waals surface area contributed by atoms with E-state index in [0.717, 1.165) is 5.69 Å². The van der Waals surface area contributed by atoms with Crippen molar-refractivity contribution in [2.75, 3.05) is 31.1 Å². The molecule has 7 heteroatoms. The highest BCUT2D eigenvalue weighted by Crippen LogP contribution is 2.20. The Morgan fingerprint density at radius 3 is 2.46 bits per heavy atom. The molecule has 1 aliphatic rings. The lowest BCUT2D eigenvalue weighted by Gasteiger charge is -2.36. The minimum atomic E-state index is -0.991.